The first-order valence-corrected chi connectivity index (χ1v) is 5.72. The normalized spacial score (nSPS) is 8.39. The molecule has 3 nitrogen and oxygen atoms in total. The Balaban J connectivity index is -0.000000200. The highest BCUT2D eigenvalue weighted by molar-refractivity contribution is 5.92. The van der Waals surface area contributed by atoms with Gasteiger partial charge in [-0.25, -0.2) is 0 Å². The van der Waals surface area contributed by atoms with Crippen molar-refractivity contribution in [1.82, 2.24) is 4.90 Å². The van der Waals surface area contributed by atoms with Gasteiger partial charge in [0.25, 0.3) is 0 Å². The molecule has 0 atom stereocenters. The van der Waals surface area contributed by atoms with Crippen LogP contribution in [0.5, 0.6) is 0 Å². The first kappa shape index (κ1) is 21.6. The number of rotatable bonds is 2. The molecule has 18 heavy (non-hydrogen) atoms. The Morgan fingerprint density at radius 3 is 1.17 bits per heavy atom. The molecule has 0 fully saturated rings. The lowest BCUT2D eigenvalue weighted by Crippen LogP contribution is -2.21. The van der Waals surface area contributed by atoms with Gasteiger partial charge in [0, 0.05) is 19.7 Å². The highest BCUT2D eigenvalue weighted by Gasteiger charge is 2.01. The molecular formula is C15H27NO2. The van der Waals surface area contributed by atoms with Crippen molar-refractivity contribution in [2.24, 2.45) is 0 Å². The summed E-state index contributed by atoms with van der Waals surface area (Å²) in [7, 11) is 3.41. The Labute approximate surface area is 112 Å². The summed E-state index contributed by atoms with van der Waals surface area (Å²) in [6, 6.07) is 0. The molecule has 0 rings (SSSR count). The first-order chi connectivity index (χ1) is 8.11. The SMILES string of the molecule is C/C=C\C.C=C(C)C(=O)N(C)C.C=C(C)C(C)=O. The molecule has 0 unspecified atom stereocenters. The standard InChI is InChI=1S/C6H11NO.C5H8O.C4H8/c1-5(2)6(8)7(3)4;1-4(2)5(3)6;1-3-4-2/h1H2,2-4H3;1H2,2-3H3;3-4H,1-2H3/b;;4-3-. The lowest BCUT2D eigenvalue weighted by atomic mass is 10.3. The van der Waals surface area contributed by atoms with E-state index in [4.69, 9.17) is 0 Å². The van der Waals surface area contributed by atoms with Gasteiger partial charge in [0.2, 0.25) is 5.91 Å². The van der Waals surface area contributed by atoms with Crippen LogP contribution in [0.3, 0.4) is 0 Å². The molecule has 0 aromatic heterocycles. The third-order valence-electron chi connectivity index (χ3n) is 1.71. The van der Waals surface area contributed by atoms with Gasteiger partial charge in [-0.05, 0) is 40.2 Å². The molecule has 3 heteroatoms. The Bertz CT molecular complexity index is 296. The molecule has 0 radical (unpaired) electrons. The summed E-state index contributed by atoms with van der Waals surface area (Å²) in [5, 5.41) is 0. The number of likely N-dealkylation sites (N-methyl/N-ethyl adjacent to an activating group) is 1. The van der Waals surface area contributed by atoms with Gasteiger partial charge < -0.3 is 4.90 Å². The number of allylic oxidation sites excluding steroid dienone is 3. The molecule has 0 aliphatic rings. The molecule has 1 amide bonds. The molecule has 0 saturated heterocycles. The van der Waals surface area contributed by atoms with Crippen LogP contribution in [0, 0.1) is 0 Å². The Hall–Kier alpha value is -1.64. The van der Waals surface area contributed by atoms with Crippen molar-refractivity contribution in [2.45, 2.75) is 34.6 Å². The average molecular weight is 253 g/mol. The van der Waals surface area contributed by atoms with Crippen molar-refractivity contribution in [1.29, 1.82) is 0 Å². The molecule has 0 bridgehead atoms. The van der Waals surface area contributed by atoms with Crippen LogP contribution in [-0.4, -0.2) is 30.7 Å². The van der Waals surface area contributed by atoms with E-state index in [1.54, 1.807) is 27.9 Å². The Kier molecular flexibility index (Phi) is 16.1. The van der Waals surface area contributed by atoms with E-state index in [0.717, 1.165) is 0 Å². The van der Waals surface area contributed by atoms with Gasteiger partial charge in [-0.1, -0.05) is 25.3 Å². The van der Waals surface area contributed by atoms with Gasteiger partial charge >= 0.3 is 0 Å². The van der Waals surface area contributed by atoms with E-state index in [1.807, 2.05) is 26.0 Å². The summed E-state index contributed by atoms with van der Waals surface area (Å²) in [4.78, 5) is 22.2. The molecule has 0 heterocycles. The maximum atomic E-state index is 10.7. The van der Waals surface area contributed by atoms with Crippen LogP contribution in [-0.2, 0) is 9.59 Å². The first-order valence-electron chi connectivity index (χ1n) is 5.72. The van der Waals surface area contributed by atoms with Crippen LogP contribution in [0.2, 0.25) is 0 Å². The molecule has 0 aromatic carbocycles. The molecule has 0 spiro atoms. The second-order valence-electron chi connectivity index (χ2n) is 3.98. The minimum Gasteiger partial charge on any atom is -0.345 e. The van der Waals surface area contributed by atoms with Crippen molar-refractivity contribution in [3.63, 3.8) is 0 Å². The van der Waals surface area contributed by atoms with E-state index in [2.05, 4.69) is 13.2 Å². The second kappa shape index (κ2) is 13.4. The van der Waals surface area contributed by atoms with Crippen LogP contribution in [0.1, 0.15) is 34.6 Å². The smallest absolute Gasteiger partial charge is 0.248 e. The predicted molar refractivity (Wildman–Crippen MR) is 79.5 cm³/mol. The number of hydrogen-bond acceptors (Lipinski definition) is 2. The van der Waals surface area contributed by atoms with Crippen LogP contribution in [0.25, 0.3) is 0 Å². The van der Waals surface area contributed by atoms with Crippen LogP contribution >= 0.6 is 0 Å². The van der Waals surface area contributed by atoms with Crippen LogP contribution < -0.4 is 0 Å². The van der Waals surface area contributed by atoms with E-state index in [1.165, 1.54) is 11.8 Å². The average Bonchev–Trinajstić information content (AvgIpc) is 2.28. The largest absolute Gasteiger partial charge is 0.345 e. The van der Waals surface area contributed by atoms with Crippen molar-refractivity contribution in [3.05, 3.63) is 36.5 Å². The van der Waals surface area contributed by atoms with Gasteiger partial charge in [-0.3, -0.25) is 9.59 Å². The fourth-order valence-electron chi connectivity index (χ4n) is 0.382. The highest BCUT2D eigenvalue weighted by atomic mass is 16.2. The van der Waals surface area contributed by atoms with Crippen molar-refractivity contribution < 1.29 is 9.59 Å². The number of amides is 1. The zero-order valence-electron chi connectivity index (χ0n) is 12.8. The Morgan fingerprint density at radius 1 is 0.889 bits per heavy atom. The number of carbonyl (C=O) groups excluding carboxylic acids is 2. The van der Waals surface area contributed by atoms with Gasteiger partial charge in [0.05, 0.1) is 0 Å². The topological polar surface area (TPSA) is 37.4 Å². The number of ketones is 1. The monoisotopic (exact) mass is 253 g/mol. The molecule has 0 aromatic rings. The highest BCUT2D eigenvalue weighted by Crippen LogP contribution is 1.90. The lowest BCUT2D eigenvalue weighted by molar-refractivity contribution is -0.124. The maximum Gasteiger partial charge on any atom is 0.248 e. The molecule has 0 aliphatic heterocycles. The fraction of sp³-hybridized carbons (Fsp3) is 0.467. The lowest BCUT2D eigenvalue weighted by Gasteiger charge is -2.07. The zero-order valence-corrected chi connectivity index (χ0v) is 12.8. The maximum absolute atomic E-state index is 10.7. The van der Waals surface area contributed by atoms with Crippen molar-refractivity contribution in [2.75, 3.05) is 14.1 Å². The minimum atomic E-state index is -0.00926. The van der Waals surface area contributed by atoms with Crippen LogP contribution in [0.15, 0.2) is 36.5 Å². The summed E-state index contributed by atoms with van der Waals surface area (Å²) in [5.74, 6) is 0.0556. The quantitative estimate of drug-likeness (QED) is 0.559. The predicted octanol–water partition coefficient (Wildman–Crippen LogP) is 3.38. The number of nitrogens with zero attached hydrogens (tertiary/aromatic N) is 1. The minimum absolute atomic E-state index is 0.00926. The number of carbonyl (C=O) groups is 2. The number of Topliss-reactive ketones (excluding diaryl/α,β-unsaturated/α-hetero) is 1. The summed E-state index contributed by atoms with van der Waals surface area (Å²) in [6.45, 7) is 15.8. The van der Waals surface area contributed by atoms with Gasteiger partial charge in [-0.2, -0.15) is 0 Å². The van der Waals surface area contributed by atoms with Gasteiger partial charge in [0.1, 0.15) is 0 Å². The fourth-order valence-corrected chi connectivity index (χ4v) is 0.382. The third kappa shape index (κ3) is 19.9. The molecule has 0 aliphatic carbocycles. The van der Waals surface area contributed by atoms with Crippen LogP contribution in [0.4, 0.5) is 0 Å². The summed E-state index contributed by atoms with van der Waals surface area (Å²) >= 11 is 0. The van der Waals surface area contributed by atoms with E-state index in [0.29, 0.717) is 11.1 Å². The van der Waals surface area contributed by atoms with E-state index >= 15 is 0 Å². The van der Waals surface area contributed by atoms with E-state index < -0.39 is 0 Å². The van der Waals surface area contributed by atoms with Gasteiger partial charge in [-0.15, -0.1) is 0 Å². The Morgan fingerprint density at radius 2 is 1.17 bits per heavy atom. The van der Waals surface area contributed by atoms with Gasteiger partial charge in [0.15, 0.2) is 5.78 Å². The van der Waals surface area contributed by atoms with E-state index in [9.17, 15) is 9.59 Å². The molecule has 0 saturated carbocycles. The molecule has 104 valence electrons. The summed E-state index contributed by atoms with van der Waals surface area (Å²) in [5.41, 5.74) is 1.20. The molecule has 0 N–H and O–H groups in total. The summed E-state index contributed by atoms with van der Waals surface area (Å²) < 4.78 is 0. The molecular weight excluding hydrogens is 226 g/mol. The summed E-state index contributed by atoms with van der Waals surface area (Å²) in [6.07, 6.45) is 4.00. The van der Waals surface area contributed by atoms with E-state index in [-0.39, 0.29) is 11.7 Å². The van der Waals surface area contributed by atoms with Crippen molar-refractivity contribution in [3.8, 4) is 0 Å². The second-order valence-corrected chi connectivity index (χ2v) is 3.98. The number of hydrogen-bond donors (Lipinski definition) is 0. The van der Waals surface area contributed by atoms with Crippen molar-refractivity contribution >= 4 is 11.7 Å². The zero-order chi connectivity index (χ0) is 15.3. The third-order valence-corrected chi connectivity index (χ3v) is 1.71.